The number of hydrogen-bond donors (Lipinski definition) is 3. The number of alkyl halides is 4. The zero-order valence-corrected chi connectivity index (χ0v) is 23.6. The molecule has 1 aromatic heterocycles. The summed E-state index contributed by atoms with van der Waals surface area (Å²) in [7, 11) is 0. The number of halogens is 6. The first kappa shape index (κ1) is 31.2. The van der Waals surface area contributed by atoms with Crippen LogP contribution in [-0.2, 0) is 22.4 Å². The lowest BCUT2D eigenvalue weighted by Gasteiger charge is -2.74. The van der Waals surface area contributed by atoms with Crippen LogP contribution in [0.5, 0.6) is 5.75 Å². The minimum Gasteiger partial charge on any atom is -0.484 e. The van der Waals surface area contributed by atoms with Gasteiger partial charge in [0, 0.05) is 30.0 Å². The number of rotatable bonds is 10. The van der Waals surface area contributed by atoms with Gasteiger partial charge in [0.25, 0.3) is 11.8 Å². The lowest BCUT2D eigenvalue weighted by molar-refractivity contribution is -0.347. The normalized spacial score (nSPS) is 27.6. The van der Waals surface area contributed by atoms with Gasteiger partial charge >= 0.3 is 5.92 Å². The second-order valence-electron chi connectivity index (χ2n) is 12.3. The van der Waals surface area contributed by atoms with Crippen molar-refractivity contribution in [2.75, 3.05) is 19.7 Å². The molecule has 242 valence electrons. The van der Waals surface area contributed by atoms with Crippen molar-refractivity contribution in [1.82, 2.24) is 25.1 Å². The maximum Gasteiger partial charge on any atom is 0.301 e. The summed E-state index contributed by atoms with van der Waals surface area (Å²) in [6.45, 7) is -2.89. The fourth-order valence-corrected chi connectivity index (χ4v) is 7.12. The topological polar surface area (TPSA) is 134 Å². The van der Waals surface area contributed by atoms with Gasteiger partial charge in [-0.25, -0.2) is 31.0 Å². The first-order valence-corrected chi connectivity index (χ1v) is 14.1. The van der Waals surface area contributed by atoms with Crippen LogP contribution in [0.1, 0.15) is 36.8 Å². The van der Waals surface area contributed by atoms with Crippen LogP contribution in [-0.4, -0.2) is 90.1 Å². The van der Waals surface area contributed by atoms with E-state index in [9.17, 15) is 32.6 Å². The van der Waals surface area contributed by atoms with Gasteiger partial charge in [0.05, 0.1) is 19.7 Å². The fraction of sp³-hybridized carbons (Fsp3) is 0.517. The number of amides is 1. The van der Waals surface area contributed by atoms with E-state index >= 15 is 8.78 Å². The molecule has 16 heteroatoms. The number of piperidine rings is 1. The Kier molecular flexibility index (Phi) is 7.40. The molecular formula is C29H29F6N5O5. The number of ether oxygens (including phenoxy) is 1. The van der Waals surface area contributed by atoms with Crippen LogP contribution in [0.4, 0.5) is 26.3 Å². The summed E-state index contributed by atoms with van der Waals surface area (Å²) in [5.74, 6) is -10.6. The number of likely N-dealkylation sites (tertiary alicyclic amines) is 1. The third-order valence-corrected chi connectivity index (χ3v) is 9.42. The van der Waals surface area contributed by atoms with Crippen molar-refractivity contribution in [2.45, 2.75) is 67.3 Å². The molecular weight excluding hydrogens is 612 g/mol. The Bertz CT molecular complexity index is 1560. The molecule has 2 bridgehead atoms. The Morgan fingerprint density at radius 1 is 1.11 bits per heavy atom. The maximum absolute atomic E-state index is 16.4. The number of aromatic nitrogens is 4. The lowest BCUT2D eigenvalue weighted by atomic mass is 9.30. The Labute approximate surface area is 252 Å². The van der Waals surface area contributed by atoms with E-state index in [2.05, 4.69) is 15.5 Å². The average Bonchev–Trinajstić information content (AvgIpc) is 3.45. The highest BCUT2D eigenvalue weighted by Crippen LogP contribution is 2.80. The first-order valence-electron chi connectivity index (χ1n) is 14.1. The predicted octanol–water partition coefficient (Wildman–Crippen LogP) is 2.56. The molecule has 2 unspecified atom stereocenters. The summed E-state index contributed by atoms with van der Waals surface area (Å²) in [5.41, 5.74) is -5.63. The lowest BCUT2D eigenvalue weighted by Crippen LogP contribution is -2.76. The SMILES string of the molecule is O=C(C(O)CO)N1CCC(Oc2ccc(C34CC(C(F)(F)[C@](O)(Cn5cnnn5)c5ccc(F)cc5F)(C3)C4)cc2)C(F)(F)C1. The predicted molar refractivity (Wildman–Crippen MR) is 141 cm³/mol. The van der Waals surface area contributed by atoms with Crippen LogP contribution in [0, 0.1) is 17.0 Å². The standard InChI is InChI=1S/C29H29F6N5O5/c30-18-3-6-20(21(31)9-18)27(44,14-40-16-36-37-38-40)29(34,35)26-11-25(12-26,13-26)17-1-4-19(5-2-17)45-23-7-8-39(15-28(23,32)33)24(43)22(42)10-41/h1-6,9,16,22-23,41-42,44H,7-8,10-15H2/t22?,23?,25?,26?,27-/m0/s1. The molecule has 0 spiro atoms. The van der Waals surface area contributed by atoms with Crippen LogP contribution < -0.4 is 4.74 Å². The third kappa shape index (κ3) is 4.93. The monoisotopic (exact) mass is 641 g/mol. The second kappa shape index (κ2) is 10.7. The molecule has 2 heterocycles. The molecule has 1 aliphatic heterocycles. The van der Waals surface area contributed by atoms with Gasteiger partial charge in [0.2, 0.25) is 0 Å². The second-order valence-corrected chi connectivity index (χ2v) is 12.3. The molecule has 1 saturated heterocycles. The maximum atomic E-state index is 16.4. The van der Waals surface area contributed by atoms with Gasteiger partial charge in [-0.05, 0) is 64.9 Å². The number of aliphatic hydroxyl groups excluding tert-OH is 2. The van der Waals surface area contributed by atoms with Gasteiger partial charge in [-0.2, -0.15) is 0 Å². The van der Waals surface area contributed by atoms with E-state index in [-0.39, 0.29) is 38.0 Å². The van der Waals surface area contributed by atoms with Gasteiger partial charge in [-0.3, -0.25) is 4.79 Å². The molecule has 0 radical (unpaired) electrons. The molecule has 45 heavy (non-hydrogen) atoms. The summed E-state index contributed by atoms with van der Waals surface area (Å²) in [4.78, 5) is 12.8. The summed E-state index contributed by atoms with van der Waals surface area (Å²) < 4.78 is 97.2. The van der Waals surface area contributed by atoms with Gasteiger partial charge in [0.1, 0.15) is 23.7 Å². The summed E-state index contributed by atoms with van der Waals surface area (Å²) in [5, 5.41) is 40.2. The zero-order valence-electron chi connectivity index (χ0n) is 23.6. The van der Waals surface area contributed by atoms with Crippen molar-refractivity contribution in [1.29, 1.82) is 0 Å². The molecule has 1 amide bonds. The summed E-state index contributed by atoms with van der Waals surface area (Å²) >= 11 is 0. The van der Waals surface area contributed by atoms with E-state index in [1.807, 2.05) is 0 Å². The fourth-order valence-electron chi connectivity index (χ4n) is 7.12. The number of nitrogens with zero attached hydrogens (tertiary/aromatic N) is 5. The molecule has 3 saturated carbocycles. The van der Waals surface area contributed by atoms with Crippen molar-refractivity contribution in [3.63, 3.8) is 0 Å². The number of aliphatic hydroxyl groups is 3. The third-order valence-electron chi connectivity index (χ3n) is 9.42. The molecule has 3 aliphatic carbocycles. The highest BCUT2D eigenvalue weighted by atomic mass is 19.3. The molecule has 3 N–H and O–H groups in total. The van der Waals surface area contributed by atoms with Crippen LogP contribution in [0.3, 0.4) is 0 Å². The van der Waals surface area contributed by atoms with E-state index in [1.165, 1.54) is 12.1 Å². The number of tetrazole rings is 1. The first-order chi connectivity index (χ1) is 21.2. The van der Waals surface area contributed by atoms with E-state index in [0.29, 0.717) is 11.6 Å². The molecule has 10 nitrogen and oxygen atoms in total. The minimum absolute atomic E-state index is 0.0574. The van der Waals surface area contributed by atoms with E-state index in [1.54, 1.807) is 12.1 Å². The van der Waals surface area contributed by atoms with Crippen LogP contribution >= 0.6 is 0 Å². The van der Waals surface area contributed by atoms with E-state index in [0.717, 1.165) is 28.0 Å². The van der Waals surface area contributed by atoms with Crippen LogP contribution in [0.15, 0.2) is 48.8 Å². The molecule has 4 fully saturated rings. The molecule has 4 aliphatic rings. The van der Waals surface area contributed by atoms with Gasteiger partial charge in [-0.1, -0.05) is 12.1 Å². The van der Waals surface area contributed by atoms with E-state index < -0.39 is 83.3 Å². The number of carbonyl (C=O) groups is 1. The Hall–Kier alpha value is -3.76. The van der Waals surface area contributed by atoms with Gasteiger partial charge in [0.15, 0.2) is 17.8 Å². The minimum atomic E-state index is -3.90. The molecule has 2 aromatic carbocycles. The van der Waals surface area contributed by atoms with Crippen molar-refractivity contribution in [3.8, 4) is 5.75 Å². The quantitative estimate of drug-likeness (QED) is 0.288. The van der Waals surface area contributed by atoms with E-state index in [4.69, 9.17) is 9.84 Å². The smallest absolute Gasteiger partial charge is 0.301 e. The molecule has 3 atom stereocenters. The largest absolute Gasteiger partial charge is 0.484 e. The van der Waals surface area contributed by atoms with Gasteiger partial charge < -0.3 is 25.0 Å². The molecule has 3 aromatic rings. The van der Waals surface area contributed by atoms with Crippen molar-refractivity contribution in [3.05, 3.63) is 71.6 Å². The molecule has 7 rings (SSSR count). The number of carbonyl (C=O) groups excluding carboxylic acids is 1. The van der Waals surface area contributed by atoms with Crippen molar-refractivity contribution < 1.29 is 51.2 Å². The Balaban J connectivity index is 1.15. The highest BCUT2D eigenvalue weighted by Gasteiger charge is 2.82. The summed E-state index contributed by atoms with van der Waals surface area (Å²) in [6.07, 6.45) is -2.77. The average molecular weight is 642 g/mol. The Morgan fingerprint density at radius 2 is 1.80 bits per heavy atom. The highest BCUT2D eigenvalue weighted by molar-refractivity contribution is 5.81. The number of benzene rings is 2. The van der Waals surface area contributed by atoms with Crippen LogP contribution in [0.25, 0.3) is 0 Å². The summed E-state index contributed by atoms with van der Waals surface area (Å²) in [6, 6.07) is 8.08. The van der Waals surface area contributed by atoms with Crippen molar-refractivity contribution in [2.24, 2.45) is 5.41 Å². The van der Waals surface area contributed by atoms with Gasteiger partial charge in [-0.15, -0.1) is 5.10 Å². The Morgan fingerprint density at radius 3 is 2.38 bits per heavy atom. The van der Waals surface area contributed by atoms with Crippen molar-refractivity contribution >= 4 is 5.91 Å². The zero-order chi connectivity index (χ0) is 32.4. The van der Waals surface area contributed by atoms with Crippen LogP contribution in [0.2, 0.25) is 0 Å². The number of hydrogen-bond acceptors (Lipinski definition) is 8.